The van der Waals surface area contributed by atoms with E-state index in [4.69, 9.17) is 14.2 Å². The van der Waals surface area contributed by atoms with Crippen molar-refractivity contribution in [3.63, 3.8) is 0 Å². The molecule has 3 rings (SSSR count). The van der Waals surface area contributed by atoms with Crippen molar-refractivity contribution < 1.29 is 28.6 Å². The third-order valence-corrected chi connectivity index (χ3v) is 5.17. The number of carbonyl (C=O) groups excluding carboxylic acids is 3. The van der Waals surface area contributed by atoms with Gasteiger partial charge in [-0.15, -0.1) is 4.68 Å². The van der Waals surface area contributed by atoms with E-state index in [1.807, 2.05) is 51.1 Å². The highest BCUT2D eigenvalue weighted by Crippen LogP contribution is 2.36. The van der Waals surface area contributed by atoms with Crippen molar-refractivity contribution in [3.05, 3.63) is 47.7 Å². The molecule has 0 bridgehead atoms. The molecule has 1 aromatic carbocycles. The second-order valence-electron chi connectivity index (χ2n) is 9.16. The summed E-state index contributed by atoms with van der Waals surface area (Å²) in [6.07, 6.45) is -0.169. The van der Waals surface area contributed by atoms with Gasteiger partial charge < -0.3 is 19.5 Å². The zero-order valence-electron chi connectivity index (χ0n) is 20.0. The Labute approximate surface area is 198 Å². The molecule has 0 radical (unpaired) electrons. The minimum absolute atomic E-state index is 0.0380. The number of amides is 2. The molecule has 1 saturated carbocycles. The summed E-state index contributed by atoms with van der Waals surface area (Å²) in [7, 11) is 0. The molecule has 2 N–H and O–H groups in total. The van der Waals surface area contributed by atoms with Crippen LogP contribution in [0.25, 0.3) is 0 Å². The largest absolute Gasteiger partial charge is 0.448 e. The monoisotopic (exact) mass is 472 g/mol. The second-order valence-corrected chi connectivity index (χ2v) is 9.16. The Hall–Kier alpha value is -3.56. The Balaban J connectivity index is 1.65. The van der Waals surface area contributed by atoms with Crippen molar-refractivity contribution in [3.8, 4) is 0 Å². The molecule has 1 heterocycles. The average Bonchev–Trinajstić information content (AvgIpc) is 3.39. The van der Waals surface area contributed by atoms with Gasteiger partial charge in [-0.2, -0.15) is 5.10 Å². The number of nitrogens with one attached hydrogen (secondary N) is 2. The molecule has 1 aliphatic rings. The molecule has 0 saturated heterocycles. The zero-order chi connectivity index (χ0) is 24.7. The van der Waals surface area contributed by atoms with Crippen LogP contribution in [0, 0.1) is 0 Å². The first-order chi connectivity index (χ1) is 16.1. The molecule has 2 amide bonds. The number of hydrogen-bond acceptors (Lipinski definition) is 7. The van der Waals surface area contributed by atoms with Gasteiger partial charge in [-0.1, -0.05) is 30.3 Å². The van der Waals surface area contributed by atoms with Crippen LogP contribution in [-0.2, 0) is 20.8 Å². The Morgan fingerprint density at radius 1 is 1.09 bits per heavy atom. The summed E-state index contributed by atoms with van der Waals surface area (Å²) < 4.78 is 16.9. The van der Waals surface area contributed by atoms with Gasteiger partial charge in [0.05, 0.1) is 12.3 Å². The lowest BCUT2D eigenvalue weighted by molar-refractivity contribution is 0.0936. The maximum absolute atomic E-state index is 12.4. The number of carbonyl (C=O) groups is 3. The number of rotatable bonds is 6. The summed E-state index contributed by atoms with van der Waals surface area (Å²) in [5, 5.41) is 9.73. The van der Waals surface area contributed by atoms with E-state index in [-0.39, 0.29) is 36.6 Å². The Morgan fingerprint density at radius 3 is 2.50 bits per heavy atom. The Bertz CT molecular complexity index is 999. The first kappa shape index (κ1) is 25.1. The number of benzene rings is 1. The summed E-state index contributed by atoms with van der Waals surface area (Å²) in [4.78, 5) is 36.8. The van der Waals surface area contributed by atoms with Crippen LogP contribution in [0.2, 0.25) is 0 Å². The number of alkyl carbamates (subject to hydrolysis) is 1. The molecule has 2 aromatic rings. The number of aromatic nitrogens is 2. The van der Waals surface area contributed by atoms with Crippen LogP contribution in [0.3, 0.4) is 0 Å². The third kappa shape index (κ3) is 7.23. The molecule has 10 nitrogen and oxygen atoms in total. The van der Waals surface area contributed by atoms with Crippen LogP contribution < -0.4 is 10.6 Å². The molecular formula is C24H32N4O6. The fraction of sp³-hybridized carbons (Fsp3) is 0.500. The highest BCUT2D eigenvalue weighted by atomic mass is 16.6. The summed E-state index contributed by atoms with van der Waals surface area (Å²) in [6, 6.07) is 10.9. The second kappa shape index (κ2) is 11.0. The van der Waals surface area contributed by atoms with Gasteiger partial charge >= 0.3 is 18.3 Å². The smallest absolute Gasteiger partial charge is 0.436 e. The van der Waals surface area contributed by atoms with Crippen molar-refractivity contribution >= 4 is 24.1 Å². The van der Waals surface area contributed by atoms with Crippen molar-refractivity contribution in [1.82, 2.24) is 15.1 Å². The quantitative estimate of drug-likeness (QED) is 0.580. The van der Waals surface area contributed by atoms with Gasteiger partial charge in [0.2, 0.25) is 0 Å². The summed E-state index contributed by atoms with van der Waals surface area (Å²) in [5.41, 5.74) is 1.06. The van der Waals surface area contributed by atoms with Crippen molar-refractivity contribution in [2.75, 3.05) is 11.9 Å². The van der Waals surface area contributed by atoms with E-state index in [9.17, 15) is 14.4 Å². The van der Waals surface area contributed by atoms with E-state index in [0.29, 0.717) is 18.5 Å². The number of ether oxygens (including phenoxy) is 3. The topological polar surface area (TPSA) is 121 Å². The van der Waals surface area contributed by atoms with E-state index in [1.54, 1.807) is 13.0 Å². The van der Waals surface area contributed by atoms with Crippen LogP contribution in [0.5, 0.6) is 0 Å². The maximum atomic E-state index is 12.4. The van der Waals surface area contributed by atoms with Gasteiger partial charge in [0.25, 0.3) is 0 Å². The lowest BCUT2D eigenvalue weighted by Crippen LogP contribution is -2.42. The van der Waals surface area contributed by atoms with Gasteiger partial charge in [0, 0.05) is 17.5 Å². The third-order valence-electron chi connectivity index (χ3n) is 5.17. The molecular weight excluding hydrogens is 440 g/mol. The molecule has 1 aromatic heterocycles. The summed E-state index contributed by atoms with van der Waals surface area (Å²) >= 11 is 0. The van der Waals surface area contributed by atoms with Crippen molar-refractivity contribution in [2.24, 2.45) is 0 Å². The van der Waals surface area contributed by atoms with Crippen LogP contribution >= 0.6 is 0 Å². The normalized spacial score (nSPS) is 17.6. The minimum atomic E-state index is -0.715. The molecule has 34 heavy (non-hydrogen) atoms. The Kier molecular flexibility index (Phi) is 8.14. The SMILES string of the molecule is CCOC(=O)n1nc([C@H]2CC[C@@H](OC(=O)NC(C)(C)C)C2)cc1NC(=O)OCc1ccccc1. The van der Waals surface area contributed by atoms with E-state index in [1.165, 1.54) is 0 Å². The van der Waals surface area contributed by atoms with E-state index < -0.39 is 18.3 Å². The molecule has 0 aliphatic heterocycles. The van der Waals surface area contributed by atoms with E-state index in [2.05, 4.69) is 15.7 Å². The van der Waals surface area contributed by atoms with Gasteiger partial charge in [-0.3, -0.25) is 5.32 Å². The molecule has 184 valence electrons. The number of hydrogen-bond donors (Lipinski definition) is 2. The fourth-order valence-corrected chi connectivity index (χ4v) is 3.68. The van der Waals surface area contributed by atoms with E-state index >= 15 is 0 Å². The molecule has 0 spiro atoms. The molecule has 1 fully saturated rings. The zero-order valence-corrected chi connectivity index (χ0v) is 20.0. The number of nitrogens with zero attached hydrogens (tertiary/aromatic N) is 2. The standard InChI is InChI=1S/C24H32N4O6/c1-5-32-23(31)28-20(25-21(29)33-15-16-9-7-6-8-10-16)14-19(27-28)17-11-12-18(13-17)34-22(30)26-24(2,3)4/h6-10,14,17-18H,5,11-13,15H2,1-4H3,(H,25,29)(H,26,30)/t17-,18+/m0/s1. The maximum Gasteiger partial charge on any atom is 0.436 e. The molecule has 10 heteroatoms. The van der Waals surface area contributed by atoms with Crippen molar-refractivity contribution in [2.45, 2.75) is 71.1 Å². The Morgan fingerprint density at radius 2 is 1.82 bits per heavy atom. The average molecular weight is 473 g/mol. The van der Waals surface area contributed by atoms with E-state index in [0.717, 1.165) is 16.7 Å². The predicted molar refractivity (Wildman–Crippen MR) is 125 cm³/mol. The summed E-state index contributed by atoms with van der Waals surface area (Å²) in [5.74, 6) is 0.116. The van der Waals surface area contributed by atoms with Crippen LogP contribution in [0.1, 0.15) is 64.1 Å². The highest BCUT2D eigenvalue weighted by molar-refractivity contribution is 5.86. The van der Waals surface area contributed by atoms with Gasteiger partial charge in [-0.05, 0) is 52.5 Å². The highest BCUT2D eigenvalue weighted by Gasteiger charge is 2.32. The van der Waals surface area contributed by atoms with Gasteiger partial charge in [-0.25, -0.2) is 14.4 Å². The van der Waals surface area contributed by atoms with Crippen LogP contribution in [0.4, 0.5) is 20.2 Å². The van der Waals surface area contributed by atoms with Crippen LogP contribution in [0.15, 0.2) is 36.4 Å². The molecule has 2 atom stereocenters. The first-order valence-electron chi connectivity index (χ1n) is 11.4. The van der Waals surface area contributed by atoms with Crippen molar-refractivity contribution in [1.29, 1.82) is 0 Å². The lowest BCUT2D eigenvalue weighted by Gasteiger charge is -2.22. The summed E-state index contributed by atoms with van der Waals surface area (Å²) in [6.45, 7) is 7.58. The lowest BCUT2D eigenvalue weighted by atomic mass is 10.0. The molecule has 0 unspecified atom stereocenters. The van der Waals surface area contributed by atoms with Crippen LogP contribution in [-0.4, -0.2) is 46.3 Å². The predicted octanol–water partition coefficient (Wildman–Crippen LogP) is 4.80. The first-order valence-corrected chi connectivity index (χ1v) is 11.4. The van der Waals surface area contributed by atoms with Gasteiger partial charge in [0.15, 0.2) is 0 Å². The number of anilines is 1. The molecule has 1 aliphatic carbocycles. The fourth-order valence-electron chi connectivity index (χ4n) is 3.68. The van der Waals surface area contributed by atoms with Gasteiger partial charge in [0.1, 0.15) is 18.5 Å². The minimum Gasteiger partial charge on any atom is -0.448 e.